The maximum absolute atomic E-state index is 11.0. The largest absolute Gasteiger partial charge is 0.285 e. The van der Waals surface area contributed by atoms with E-state index in [4.69, 9.17) is 0 Å². The SMILES string of the molecule is F.O=C1N=c2ccccc2=C1Br. The molecule has 1 amide bonds. The molecule has 0 unspecified atom stereocenters. The van der Waals surface area contributed by atoms with Gasteiger partial charge >= 0.3 is 0 Å². The monoisotopic (exact) mass is 229 g/mol. The molecule has 0 atom stereocenters. The van der Waals surface area contributed by atoms with Crippen molar-refractivity contribution in [1.82, 2.24) is 0 Å². The number of hydrogen-bond acceptors (Lipinski definition) is 1. The van der Waals surface area contributed by atoms with Gasteiger partial charge < -0.3 is 0 Å². The molecule has 0 bridgehead atoms. The molecule has 1 aliphatic rings. The van der Waals surface area contributed by atoms with E-state index in [0.717, 1.165) is 10.6 Å². The maximum Gasteiger partial charge on any atom is 0.285 e. The molecule has 0 saturated carbocycles. The van der Waals surface area contributed by atoms with Gasteiger partial charge in [-0.05, 0) is 22.0 Å². The highest BCUT2D eigenvalue weighted by Gasteiger charge is 2.11. The number of para-hydroxylation sites is 1. The van der Waals surface area contributed by atoms with Gasteiger partial charge in [0.05, 0.1) is 9.84 Å². The van der Waals surface area contributed by atoms with Crippen molar-refractivity contribution >= 4 is 26.3 Å². The predicted molar refractivity (Wildman–Crippen MR) is 47.1 cm³/mol. The highest BCUT2D eigenvalue weighted by molar-refractivity contribution is 9.15. The molecule has 0 fully saturated rings. The smallest absolute Gasteiger partial charge is 0.269 e. The summed E-state index contributed by atoms with van der Waals surface area (Å²) in [5, 5.41) is 1.64. The molecule has 0 saturated heterocycles. The number of nitrogens with zero attached hydrogens (tertiary/aromatic N) is 1. The summed E-state index contributed by atoms with van der Waals surface area (Å²) in [7, 11) is 0. The molecule has 62 valence electrons. The number of hydrogen-bond donors (Lipinski definition) is 0. The first-order valence-corrected chi connectivity index (χ1v) is 3.96. The Labute approximate surface area is 76.1 Å². The second-order valence-corrected chi connectivity index (χ2v) is 3.04. The number of rotatable bonds is 0. The molecule has 0 radical (unpaired) electrons. The quantitative estimate of drug-likeness (QED) is 0.638. The molecule has 1 aromatic rings. The number of amides is 1. The molecule has 1 aromatic carbocycles. The van der Waals surface area contributed by atoms with Crippen LogP contribution in [0.25, 0.3) is 4.48 Å². The van der Waals surface area contributed by atoms with Gasteiger partial charge in [0.25, 0.3) is 5.91 Å². The Kier molecular flexibility index (Phi) is 2.38. The van der Waals surface area contributed by atoms with Crippen LogP contribution in [-0.2, 0) is 4.79 Å². The van der Waals surface area contributed by atoms with Crippen molar-refractivity contribution in [2.75, 3.05) is 0 Å². The van der Waals surface area contributed by atoms with E-state index in [1.54, 1.807) is 0 Å². The Morgan fingerprint density at radius 1 is 1.25 bits per heavy atom. The van der Waals surface area contributed by atoms with Gasteiger partial charge in [0.15, 0.2) is 0 Å². The van der Waals surface area contributed by atoms with E-state index in [0.29, 0.717) is 4.48 Å². The van der Waals surface area contributed by atoms with Gasteiger partial charge in [-0.1, -0.05) is 18.2 Å². The Hall–Kier alpha value is -1.03. The number of carbonyl (C=O) groups is 1. The first-order valence-electron chi connectivity index (χ1n) is 3.17. The lowest BCUT2D eigenvalue weighted by atomic mass is 10.3. The molecule has 2 rings (SSSR count). The topological polar surface area (TPSA) is 29.4 Å². The zero-order valence-corrected chi connectivity index (χ0v) is 7.54. The summed E-state index contributed by atoms with van der Waals surface area (Å²) in [4.78, 5) is 14.8. The van der Waals surface area contributed by atoms with Crippen LogP contribution in [0.2, 0.25) is 0 Å². The Balaban J connectivity index is 0.000000720. The zero-order valence-electron chi connectivity index (χ0n) is 5.95. The number of benzene rings is 1. The third kappa shape index (κ3) is 1.18. The van der Waals surface area contributed by atoms with Crippen molar-refractivity contribution in [1.29, 1.82) is 0 Å². The Morgan fingerprint density at radius 3 is 2.58 bits per heavy atom. The van der Waals surface area contributed by atoms with Crippen molar-refractivity contribution in [2.45, 2.75) is 0 Å². The van der Waals surface area contributed by atoms with Crippen LogP contribution in [-0.4, -0.2) is 5.91 Å². The van der Waals surface area contributed by atoms with Crippen LogP contribution in [0.15, 0.2) is 29.3 Å². The Bertz CT molecular complexity index is 441. The first kappa shape index (κ1) is 9.06. The number of carbonyl (C=O) groups excluding carboxylic acids is 1. The number of fused-ring (bicyclic) bond motifs is 1. The standard InChI is InChI=1S/C8H4BrNO.FH/c9-7-5-3-1-2-4-6(5)10-8(7)11;/h1-4H;1H. The van der Waals surface area contributed by atoms with Gasteiger partial charge in [-0.25, -0.2) is 4.99 Å². The highest BCUT2D eigenvalue weighted by Crippen LogP contribution is 2.07. The summed E-state index contributed by atoms with van der Waals surface area (Å²) in [5.41, 5.74) is 0. The molecule has 12 heavy (non-hydrogen) atoms. The summed E-state index contributed by atoms with van der Waals surface area (Å²) in [6.45, 7) is 0. The minimum Gasteiger partial charge on any atom is -0.269 e. The van der Waals surface area contributed by atoms with E-state index < -0.39 is 0 Å². The van der Waals surface area contributed by atoms with Crippen molar-refractivity contribution in [2.24, 2.45) is 4.99 Å². The first-order chi connectivity index (χ1) is 5.29. The molecular formula is C8H5BrFNO. The van der Waals surface area contributed by atoms with E-state index in [-0.39, 0.29) is 10.6 Å². The number of halogens is 2. The lowest BCUT2D eigenvalue weighted by Crippen LogP contribution is -2.20. The summed E-state index contributed by atoms with van der Waals surface area (Å²) in [6.07, 6.45) is 0. The van der Waals surface area contributed by atoms with Crippen molar-refractivity contribution in [3.05, 3.63) is 34.8 Å². The van der Waals surface area contributed by atoms with E-state index >= 15 is 0 Å². The van der Waals surface area contributed by atoms with Gasteiger partial charge in [0.1, 0.15) is 0 Å². The van der Waals surface area contributed by atoms with Crippen LogP contribution in [0.1, 0.15) is 0 Å². The molecule has 0 spiro atoms. The normalized spacial score (nSPS) is 13.4. The van der Waals surface area contributed by atoms with Gasteiger partial charge in [0.2, 0.25) is 0 Å². The lowest BCUT2D eigenvalue weighted by molar-refractivity contribution is -0.112. The van der Waals surface area contributed by atoms with Crippen LogP contribution in [0.3, 0.4) is 0 Å². The molecule has 0 N–H and O–H groups in total. The Morgan fingerprint density at radius 2 is 1.92 bits per heavy atom. The van der Waals surface area contributed by atoms with E-state index in [1.165, 1.54) is 0 Å². The molecule has 1 aliphatic heterocycles. The van der Waals surface area contributed by atoms with Crippen molar-refractivity contribution in [3.8, 4) is 0 Å². The fourth-order valence-corrected chi connectivity index (χ4v) is 1.45. The third-order valence-corrected chi connectivity index (χ3v) is 2.32. The summed E-state index contributed by atoms with van der Waals surface area (Å²) in [5.74, 6) is -0.189. The average Bonchev–Trinajstić information content (AvgIpc) is 2.30. The van der Waals surface area contributed by atoms with E-state index in [1.807, 2.05) is 24.3 Å². The third-order valence-electron chi connectivity index (χ3n) is 1.55. The van der Waals surface area contributed by atoms with Crippen molar-refractivity contribution in [3.63, 3.8) is 0 Å². The second-order valence-electron chi connectivity index (χ2n) is 2.25. The maximum atomic E-state index is 11.0. The molecule has 2 nitrogen and oxygen atoms in total. The zero-order chi connectivity index (χ0) is 7.84. The van der Waals surface area contributed by atoms with Gasteiger partial charge in [-0.3, -0.25) is 9.50 Å². The van der Waals surface area contributed by atoms with Crippen LogP contribution in [0, 0.1) is 0 Å². The molecular weight excluding hydrogens is 225 g/mol. The molecule has 0 aromatic heterocycles. The van der Waals surface area contributed by atoms with Crippen LogP contribution in [0.5, 0.6) is 0 Å². The van der Waals surface area contributed by atoms with Crippen LogP contribution in [0.4, 0.5) is 4.70 Å². The second kappa shape index (κ2) is 3.15. The highest BCUT2D eigenvalue weighted by atomic mass is 79.9. The van der Waals surface area contributed by atoms with Gasteiger partial charge in [0, 0.05) is 5.22 Å². The van der Waals surface area contributed by atoms with E-state index in [9.17, 15) is 4.79 Å². The molecule has 0 aliphatic carbocycles. The van der Waals surface area contributed by atoms with Crippen molar-refractivity contribution < 1.29 is 9.50 Å². The van der Waals surface area contributed by atoms with E-state index in [2.05, 4.69) is 20.9 Å². The summed E-state index contributed by atoms with van der Waals surface area (Å²) in [6, 6.07) is 7.44. The fraction of sp³-hybridized carbons (Fsp3) is 0. The molecule has 1 heterocycles. The van der Waals surface area contributed by atoms with Crippen LogP contribution >= 0.6 is 15.9 Å². The molecule has 4 heteroatoms. The fourth-order valence-electron chi connectivity index (χ4n) is 1.03. The predicted octanol–water partition coefficient (Wildman–Crippen LogP) is 0.502. The lowest BCUT2D eigenvalue weighted by Gasteiger charge is -1.80. The minimum absolute atomic E-state index is 0. The average molecular weight is 230 g/mol. The van der Waals surface area contributed by atoms with Crippen LogP contribution < -0.4 is 10.6 Å². The van der Waals surface area contributed by atoms with Gasteiger partial charge in [-0.15, -0.1) is 0 Å². The minimum atomic E-state index is -0.189. The van der Waals surface area contributed by atoms with Gasteiger partial charge in [-0.2, -0.15) is 0 Å². The summed E-state index contributed by atoms with van der Waals surface area (Å²) >= 11 is 3.18. The summed E-state index contributed by atoms with van der Waals surface area (Å²) < 4.78 is 0.563.